The SMILES string of the molecule is COc1ccc([C@@H]2CC(=O)NC(SCC(=O)N3CCCCCC3)=C2C#N)cc1Cl. The Labute approximate surface area is 180 Å². The number of nitrogens with zero attached hydrogens (tertiary/aromatic N) is 2. The van der Waals surface area contributed by atoms with Gasteiger partial charge in [-0.25, -0.2) is 0 Å². The van der Waals surface area contributed by atoms with E-state index < -0.39 is 5.92 Å². The van der Waals surface area contributed by atoms with Crippen molar-refractivity contribution in [1.82, 2.24) is 10.2 Å². The minimum absolute atomic E-state index is 0.0468. The number of allylic oxidation sites excluding steroid dienone is 1. The molecule has 0 radical (unpaired) electrons. The van der Waals surface area contributed by atoms with Crippen LogP contribution in [-0.2, 0) is 9.59 Å². The number of amides is 2. The molecule has 0 aliphatic carbocycles. The lowest BCUT2D eigenvalue weighted by Gasteiger charge is -2.26. The maximum Gasteiger partial charge on any atom is 0.232 e. The summed E-state index contributed by atoms with van der Waals surface area (Å²) in [7, 11) is 1.53. The summed E-state index contributed by atoms with van der Waals surface area (Å²) < 4.78 is 5.18. The van der Waals surface area contributed by atoms with Crippen LogP contribution in [-0.4, -0.2) is 42.7 Å². The number of ether oxygens (including phenoxy) is 1. The fourth-order valence-electron chi connectivity index (χ4n) is 3.66. The second-order valence-electron chi connectivity index (χ2n) is 7.14. The predicted octanol–water partition coefficient (Wildman–Crippen LogP) is 3.82. The number of rotatable bonds is 5. The van der Waals surface area contributed by atoms with Crippen LogP contribution in [0.5, 0.6) is 5.75 Å². The van der Waals surface area contributed by atoms with E-state index in [9.17, 15) is 14.9 Å². The Morgan fingerprint density at radius 3 is 2.69 bits per heavy atom. The zero-order valence-electron chi connectivity index (χ0n) is 16.4. The molecule has 6 nitrogen and oxygen atoms in total. The van der Waals surface area contributed by atoms with Gasteiger partial charge in [0.05, 0.1) is 34.6 Å². The summed E-state index contributed by atoms with van der Waals surface area (Å²) in [4.78, 5) is 26.8. The lowest BCUT2D eigenvalue weighted by atomic mass is 9.87. The van der Waals surface area contributed by atoms with E-state index in [1.807, 2.05) is 11.0 Å². The lowest BCUT2D eigenvalue weighted by Crippen LogP contribution is -2.35. The third-order valence-electron chi connectivity index (χ3n) is 5.23. The number of hydrogen-bond donors (Lipinski definition) is 1. The number of benzene rings is 1. The number of methoxy groups -OCH3 is 1. The van der Waals surface area contributed by atoms with Crippen molar-refractivity contribution in [2.45, 2.75) is 38.0 Å². The number of nitrogens with one attached hydrogen (secondary N) is 1. The lowest BCUT2D eigenvalue weighted by molar-refractivity contribution is -0.128. The van der Waals surface area contributed by atoms with Gasteiger partial charge in [0.1, 0.15) is 5.75 Å². The molecule has 2 heterocycles. The summed E-state index contributed by atoms with van der Waals surface area (Å²) in [6.45, 7) is 1.56. The molecular weight excluding hydrogens is 410 g/mol. The molecule has 0 aromatic heterocycles. The number of carbonyl (C=O) groups is 2. The second kappa shape index (κ2) is 10.0. The van der Waals surface area contributed by atoms with Crippen LogP contribution < -0.4 is 10.1 Å². The van der Waals surface area contributed by atoms with Crippen LogP contribution in [0.15, 0.2) is 28.8 Å². The van der Waals surface area contributed by atoms with E-state index in [4.69, 9.17) is 16.3 Å². The van der Waals surface area contributed by atoms with Crippen molar-refractivity contribution in [1.29, 1.82) is 5.26 Å². The molecule has 0 spiro atoms. The highest BCUT2D eigenvalue weighted by Crippen LogP contribution is 2.38. The van der Waals surface area contributed by atoms with E-state index in [0.29, 0.717) is 21.4 Å². The monoisotopic (exact) mass is 433 g/mol. The highest BCUT2D eigenvalue weighted by Gasteiger charge is 2.30. The van der Waals surface area contributed by atoms with Crippen molar-refractivity contribution < 1.29 is 14.3 Å². The number of halogens is 1. The van der Waals surface area contributed by atoms with Gasteiger partial charge >= 0.3 is 0 Å². The fourth-order valence-corrected chi connectivity index (χ4v) is 4.91. The largest absolute Gasteiger partial charge is 0.495 e. The molecule has 1 aromatic carbocycles. The van der Waals surface area contributed by atoms with Gasteiger partial charge in [0.25, 0.3) is 0 Å². The average Bonchev–Trinajstić information content (AvgIpc) is 3.01. The molecule has 3 rings (SSSR count). The number of thioether (sulfide) groups is 1. The highest BCUT2D eigenvalue weighted by atomic mass is 35.5. The molecule has 2 aliphatic heterocycles. The summed E-state index contributed by atoms with van der Waals surface area (Å²) in [5.41, 5.74) is 1.23. The van der Waals surface area contributed by atoms with Crippen LogP contribution in [0.25, 0.3) is 0 Å². The molecule has 1 aromatic rings. The van der Waals surface area contributed by atoms with Crippen molar-refractivity contribution in [2.75, 3.05) is 26.0 Å². The molecule has 2 aliphatic rings. The van der Waals surface area contributed by atoms with E-state index >= 15 is 0 Å². The van der Waals surface area contributed by atoms with Gasteiger partial charge in [-0.05, 0) is 30.5 Å². The molecule has 0 unspecified atom stereocenters. The van der Waals surface area contributed by atoms with E-state index in [1.165, 1.54) is 18.9 Å². The molecule has 8 heteroatoms. The first kappa shape index (κ1) is 21.5. The Bertz CT molecular complexity index is 857. The number of carbonyl (C=O) groups excluding carboxylic acids is 2. The minimum atomic E-state index is -0.395. The first-order chi connectivity index (χ1) is 14.0. The van der Waals surface area contributed by atoms with Crippen molar-refractivity contribution in [3.8, 4) is 11.8 Å². The van der Waals surface area contributed by atoms with Gasteiger partial charge in [0, 0.05) is 25.4 Å². The van der Waals surface area contributed by atoms with E-state index in [-0.39, 0.29) is 24.0 Å². The second-order valence-corrected chi connectivity index (χ2v) is 8.53. The maximum atomic E-state index is 12.6. The van der Waals surface area contributed by atoms with Gasteiger partial charge in [0.2, 0.25) is 11.8 Å². The summed E-state index contributed by atoms with van der Waals surface area (Å²) >= 11 is 7.46. The summed E-state index contributed by atoms with van der Waals surface area (Å²) in [6.07, 6.45) is 4.53. The molecule has 2 amide bonds. The Hall–Kier alpha value is -2.17. The van der Waals surface area contributed by atoms with Crippen molar-refractivity contribution in [3.63, 3.8) is 0 Å². The number of hydrogen-bond acceptors (Lipinski definition) is 5. The molecule has 29 heavy (non-hydrogen) atoms. The molecule has 1 saturated heterocycles. The maximum absolute atomic E-state index is 12.6. The fraction of sp³-hybridized carbons (Fsp3) is 0.476. The van der Waals surface area contributed by atoms with Gasteiger partial charge < -0.3 is 15.0 Å². The normalized spacial score (nSPS) is 20.0. The first-order valence-corrected chi connectivity index (χ1v) is 11.1. The predicted molar refractivity (Wildman–Crippen MR) is 114 cm³/mol. The zero-order valence-corrected chi connectivity index (χ0v) is 17.9. The summed E-state index contributed by atoms with van der Waals surface area (Å²) in [6, 6.07) is 7.50. The quantitative estimate of drug-likeness (QED) is 0.763. The summed E-state index contributed by atoms with van der Waals surface area (Å²) in [5, 5.41) is 13.4. The molecule has 154 valence electrons. The van der Waals surface area contributed by atoms with Gasteiger partial charge in [-0.1, -0.05) is 42.3 Å². The van der Waals surface area contributed by atoms with Crippen LogP contribution in [0, 0.1) is 11.3 Å². The van der Waals surface area contributed by atoms with Crippen LogP contribution in [0.3, 0.4) is 0 Å². The average molecular weight is 434 g/mol. The third kappa shape index (κ3) is 5.26. The topological polar surface area (TPSA) is 82.4 Å². The molecule has 0 bridgehead atoms. The molecule has 1 N–H and O–H groups in total. The minimum Gasteiger partial charge on any atom is -0.495 e. The van der Waals surface area contributed by atoms with Crippen molar-refractivity contribution in [2.24, 2.45) is 0 Å². The van der Waals surface area contributed by atoms with E-state index in [1.54, 1.807) is 12.1 Å². The molecule has 0 saturated carbocycles. The van der Waals surface area contributed by atoms with Gasteiger partial charge in [-0.15, -0.1) is 0 Å². The van der Waals surface area contributed by atoms with Crippen LogP contribution in [0.1, 0.15) is 43.6 Å². The van der Waals surface area contributed by atoms with E-state index in [0.717, 1.165) is 44.3 Å². The van der Waals surface area contributed by atoms with Crippen molar-refractivity contribution >= 4 is 35.2 Å². The molecule has 1 fully saturated rings. The van der Waals surface area contributed by atoms with Crippen LogP contribution in [0.4, 0.5) is 0 Å². The van der Waals surface area contributed by atoms with Gasteiger partial charge in [0.15, 0.2) is 0 Å². The Morgan fingerprint density at radius 1 is 1.34 bits per heavy atom. The smallest absolute Gasteiger partial charge is 0.232 e. The first-order valence-electron chi connectivity index (χ1n) is 9.71. The Kier molecular flexibility index (Phi) is 7.45. The number of likely N-dealkylation sites (tertiary alicyclic amines) is 1. The highest BCUT2D eigenvalue weighted by molar-refractivity contribution is 8.03. The third-order valence-corrected chi connectivity index (χ3v) is 6.53. The Morgan fingerprint density at radius 2 is 2.07 bits per heavy atom. The summed E-state index contributed by atoms with van der Waals surface area (Å²) in [5.74, 6) is 0.219. The molecular formula is C21H24ClN3O3S. The standard InChI is InChI=1S/C21H24ClN3O3S/c1-28-18-7-6-14(10-17(18)22)15-11-19(26)24-21(16(15)12-23)29-13-20(27)25-8-4-2-3-5-9-25/h6-7,10,15H,2-5,8-9,11,13H2,1H3,(H,24,26)/t15-/m0/s1. The molecule has 1 atom stereocenters. The van der Waals surface area contributed by atoms with Crippen molar-refractivity contribution in [3.05, 3.63) is 39.4 Å². The zero-order chi connectivity index (χ0) is 20.8. The van der Waals surface area contributed by atoms with Gasteiger partial charge in [-0.3, -0.25) is 9.59 Å². The number of nitriles is 1. The van der Waals surface area contributed by atoms with Gasteiger partial charge in [-0.2, -0.15) is 5.26 Å². The Balaban J connectivity index is 1.78. The van der Waals surface area contributed by atoms with Crippen LogP contribution >= 0.6 is 23.4 Å². The van der Waals surface area contributed by atoms with Crippen LogP contribution in [0.2, 0.25) is 5.02 Å². The van der Waals surface area contributed by atoms with E-state index in [2.05, 4.69) is 11.4 Å².